The van der Waals surface area contributed by atoms with Gasteiger partial charge in [-0.1, -0.05) is 12.1 Å². The highest BCUT2D eigenvalue weighted by atomic mass is 16.5. The van der Waals surface area contributed by atoms with E-state index in [0.717, 1.165) is 23.3 Å². The molecule has 0 saturated heterocycles. The highest BCUT2D eigenvalue weighted by molar-refractivity contribution is 5.95. The Bertz CT molecular complexity index is 410. The summed E-state index contributed by atoms with van der Waals surface area (Å²) < 4.78 is 10.8. The van der Waals surface area contributed by atoms with Gasteiger partial charge in [0.2, 0.25) is 5.90 Å². The predicted octanol–water partition coefficient (Wildman–Crippen LogP) is 2.37. The molecule has 0 amide bonds. The summed E-state index contributed by atoms with van der Waals surface area (Å²) in [5, 5.41) is 7.67. The Balaban J connectivity index is 2.46. The molecule has 0 radical (unpaired) electrons. The number of para-hydroxylation sites is 1. The molecule has 0 bridgehead atoms. The zero-order valence-electron chi connectivity index (χ0n) is 9.26. The van der Waals surface area contributed by atoms with E-state index in [1.165, 1.54) is 7.11 Å². The predicted molar refractivity (Wildman–Crippen MR) is 58.7 cm³/mol. The molecule has 0 spiro atoms. The molecular weight excluding hydrogens is 190 g/mol. The van der Waals surface area contributed by atoms with Crippen molar-refractivity contribution in [2.75, 3.05) is 7.11 Å². The normalized spacial score (nSPS) is 16.7. The maximum Gasteiger partial charge on any atom is 0.216 e. The number of hydrogen-bond acceptors (Lipinski definition) is 3. The van der Waals surface area contributed by atoms with Crippen molar-refractivity contribution in [1.29, 1.82) is 5.41 Å². The van der Waals surface area contributed by atoms with Gasteiger partial charge in [0.15, 0.2) is 0 Å². The van der Waals surface area contributed by atoms with Gasteiger partial charge in [-0.05, 0) is 25.5 Å². The Labute approximate surface area is 89.5 Å². The molecule has 0 unspecified atom stereocenters. The molecule has 1 aliphatic heterocycles. The second kappa shape index (κ2) is 3.26. The quantitative estimate of drug-likeness (QED) is 0.565. The molecule has 1 N–H and O–H groups in total. The van der Waals surface area contributed by atoms with Gasteiger partial charge in [-0.25, -0.2) is 0 Å². The van der Waals surface area contributed by atoms with Crippen LogP contribution in [-0.2, 0) is 11.2 Å². The summed E-state index contributed by atoms with van der Waals surface area (Å²) in [6.07, 6.45) is 0.882. The molecule has 1 aliphatic rings. The Morgan fingerprint density at radius 1 is 1.47 bits per heavy atom. The summed E-state index contributed by atoms with van der Waals surface area (Å²) in [4.78, 5) is 0. The fraction of sp³-hybridized carbons (Fsp3) is 0.417. The summed E-state index contributed by atoms with van der Waals surface area (Å²) in [6, 6.07) is 5.83. The van der Waals surface area contributed by atoms with Gasteiger partial charge in [0.1, 0.15) is 11.4 Å². The first kappa shape index (κ1) is 10.0. The van der Waals surface area contributed by atoms with Crippen LogP contribution in [0.5, 0.6) is 5.75 Å². The van der Waals surface area contributed by atoms with Crippen LogP contribution in [0.15, 0.2) is 18.2 Å². The van der Waals surface area contributed by atoms with Crippen molar-refractivity contribution in [3.63, 3.8) is 0 Å². The SMILES string of the molecule is COC(=N)c1cccc2c1OC(C)(C)C2. The van der Waals surface area contributed by atoms with Crippen molar-refractivity contribution < 1.29 is 9.47 Å². The molecule has 0 aliphatic carbocycles. The molecule has 3 nitrogen and oxygen atoms in total. The van der Waals surface area contributed by atoms with Crippen molar-refractivity contribution >= 4 is 5.90 Å². The van der Waals surface area contributed by atoms with Gasteiger partial charge in [0.25, 0.3) is 0 Å². The minimum absolute atomic E-state index is 0.157. The maximum atomic E-state index is 7.67. The Kier molecular flexibility index (Phi) is 2.18. The first-order chi connectivity index (χ1) is 7.03. The molecule has 1 heterocycles. The molecule has 80 valence electrons. The lowest BCUT2D eigenvalue weighted by molar-refractivity contribution is 0.138. The van der Waals surface area contributed by atoms with Crippen LogP contribution in [0, 0.1) is 5.41 Å². The van der Waals surface area contributed by atoms with Crippen LogP contribution < -0.4 is 4.74 Å². The maximum absolute atomic E-state index is 7.67. The molecule has 1 aromatic carbocycles. The Morgan fingerprint density at radius 2 is 2.20 bits per heavy atom. The average molecular weight is 205 g/mol. The standard InChI is InChI=1S/C12H15NO2/c1-12(2)7-8-5-4-6-9(10(8)15-12)11(13)14-3/h4-6,13H,7H2,1-3H3. The summed E-state index contributed by atoms with van der Waals surface area (Å²) in [6.45, 7) is 4.10. The fourth-order valence-electron chi connectivity index (χ4n) is 1.90. The van der Waals surface area contributed by atoms with Gasteiger partial charge >= 0.3 is 0 Å². The van der Waals surface area contributed by atoms with E-state index in [0.29, 0.717) is 0 Å². The third-order valence-corrected chi connectivity index (χ3v) is 2.54. The van der Waals surface area contributed by atoms with Crippen LogP contribution in [0.3, 0.4) is 0 Å². The number of rotatable bonds is 1. The van der Waals surface area contributed by atoms with Gasteiger partial charge in [-0.15, -0.1) is 0 Å². The first-order valence-corrected chi connectivity index (χ1v) is 4.97. The minimum atomic E-state index is -0.174. The highest BCUT2D eigenvalue weighted by Gasteiger charge is 2.32. The number of hydrogen-bond donors (Lipinski definition) is 1. The topological polar surface area (TPSA) is 42.3 Å². The smallest absolute Gasteiger partial charge is 0.216 e. The fourth-order valence-corrected chi connectivity index (χ4v) is 1.90. The molecule has 0 atom stereocenters. The lowest BCUT2D eigenvalue weighted by Crippen LogP contribution is -2.25. The van der Waals surface area contributed by atoms with Crippen molar-refractivity contribution in [1.82, 2.24) is 0 Å². The highest BCUT2D eigenvalue weighted by Crippen LogP contribution is 2.37. The lowest BCUT2D eigenvalue weighted by Gasteiger charge is -2.18. The van der Waals surface area contributed by atoms with Crippen LogP contribution in [0.1, 0.15) is 25.0 Å². The summed E-state index contributed by atoms with van der Waals surface area (Å²) in [5.41, 5.74) is 1.71. The summed E-state index contributed by atoms with van der Waals surface area (Å²) in [5.74, 6) is 0.957. The Hall–Kier alpha value is -1.51. The van der Waals surface area contributed by atoms with Crippen LogP contribution in [0.2, 0.25) is 0 Å². The number of methoxy groups -OCH3 is 1. The van der Waals surface area contributed by atoms with E-state index in [4.69, 9.17) is 14.9 Å². The van der Waals surface area contributed by atoms with Crippen LogP contribution in [-0.4, -0.2) is 18.6 Å². The van der Waals surface area contributed by atoms with E-state index in [-0.39, 0.29) is 11.5 Å². The van der Waals surface area contributed by atoms with Crippen LogP contribution in [0.25, 0.3) is 0 Å². The van der Waals surface area contributed by atoms with Gasteiger partial charge in [-0.2, -0.15) is 0 Å². The molecule has 0 aromatic heterocycles. The zero-order chi connectivity index (χ0) is 11.1. The van der Waals surface area contributed by atoms with E-state index >= 15 is 0 Å². The summed E-state index contributed by atoms with van der Waals surface area (Å²) >= 11 is 0. The van der Waals surface area contributed by atoms with Crippen molar-refractivity contribution in [3.05, 3.63) is 29.3 Å². The molecule has 0 saturated carbocycles. The molecular formula is C12H15NO2. The van der Waals surface area contributed by atoms with E-state index < -0.39 is 0 Å². The Morgan fingerprint density at radius 3 is 2.87 bits per heavy atom. The molecule has 15 heavy (non-hydrogen) atoms. The molecule has 2 rings (SSSR count). The molecule has 0 fully saturated rings. The van der Waals surface area contributed by atoms with Crippen molar-refractivity contribution in [2.24, 2.45) is 0 Å². The monoisotopic (exact) mass is 205 g/mol. The molecule has 1 aromatic rings. The second-order valence-corrected chi connectivity index (χ2v) is 4.37. The number of benzene rings is 1. The third kappa shape index (κ3) is 1.69. The number of nitrogens with one attached hydrogen (secondary N) is 1. The van der Waals surface area contributed by atoms with Gasteiger partial charge < -0.3 is 9.47 Å². The van der Waals surface area contributed by atoms with E-state index in [1.807, 2.05) is 32.0 Å². The van der Waals surface area contributed by atoms with Gasteiger partial charge in [0, 0.05) is 6.42 Å². The van der Waals surface area contributed by atoms with Gasteiger partial charge in [-0.3, -0.25) is 5.41 Å². The second-order valence-electron chi connectivity index (χ2n) is 4.37. The summed E-state index contributed by atoms with van der Waals surface area (Å²) in [7, 11) is 1.50. The van der Waals surface area contributed by atoms with E-state index in [2.05, 4.69) is 0 Å². The first-order valence-electron chi connectivity index (χ1n) is 4.97. The lowest BCUT2D eigenvalue weighted by atomic mass is 10.0. The van der Waals surface area contributed by atoms with Crippen LogP contribution in [0.4, 0.5) is 0 Å². The van der Waals surface area contributed by atoms with Gasteiger partial charge in [0.05, 0.1) is 12.7 Å². The minimum Gasteiger partial charge on any atom is -0.486 e. The third-order valence-electron chi connectivity index (χ3n) is 2.54. The van der Waals surface area contributed by atoms with E-state index in [9.17, 15) is 0 Å². The largest absolute Gasteiger partial charge is 0.486 e. The number of ether oxygens (including phenoxy) is 2. The van der Waals surface area contributed by atoms with Crippen molar-refractivity contribution in [3.8, 4) is 5.75 Å². The molecule has 3 heteroatoms. The number of fused-ring (bicyclic) bond motifs is 1. The van der Waals surface area contributed by atoms with Crippen molar-refractivity contribution in [2.45, 2.75) is 25.9 Å². The van der Waals surface area contributed by atoms with Crippen LogP contribution >= 0.6 is 0 Å². The van der Waals surface area contributed by atoms with E-state index in [1.54, 1.807) is 0 Å². The zero-order valence-corrected chi connectivity index (χ0v) is 9.26. The average Bonchev–Trinajstić information content (AvgIpc) is 2.49.